The summed E-state index contributed by atoms with van der Waals surface area (Å²) in [6.07, 6.45) is 1.69. The van der Waals surface area contributed by atoms with Crippen LogP contribution in [0.25, 0.3) is 0 Å². The van der Waals surface area contributed by atoms with E-state index in [1.54, 1.807) is 0 Å². The number of benzene rings is 1. The molecule has 0 radical (unpaired) electrons. The number of hydrogen-bond acceptors (Lipinski definition) is 1. The van der Waals surface area contributed by atoms with E-state index in [-0.39, 0.29) is 5.56 Å². The topological polar surface area (TPSA) is 12.0 Å². The van der Waals surface area contributed by atoms with E-state index in [1.807, 2.05) is 13.8 Å². The summed E-state index contributed by atoms with van der Waals surface area (Å²) in [5.74, 6) is -3.60. The first-order chi connectivity index (χ1) is 8.40. The molecule has 102 valence electrons. The van der Waals surface area contributed by atoms with Gasteiger partial charge in [-0.3, -0.25) is 0 Å². The lowest BCUT2D eigenvalue weighted by Crippen LogP contribution is -2.27. The van der Waals surface area contributed by atoms with Gasteiger partial charge in [0.1, 0.15) is 0 Å². The Morgan fingerprint density at radius 2 is 1.72 bits per heavy atom. The van der Waals surface area contributed by atoms with Gasteiger partial charge in [-0.15, -0.1) is 0 Å². The lowest BCUT2D eigenvalue weighted by atomic mass is 9.81. The number of halogens is 3. The van der Waals surface area contributed by atoms with Crippen LogP contribution in [0.1, 0.15) is 39.2 Å². The van der Waals surface area contributed by atoms with Gasteiger partial charge in [-0.05, 0) is 43.0 Å². The largest absolute Gasteiger partial charge is 0.317 e. The monoisotopic (exact) mass is 259 g/mol. The van der Waals surface area contributed by atoms with Crippen LogP contribution in [-0.4, -0.2) is 13.1 Å². The van der Waals surface area contributed by atoms with Gasteiger partial charge >= 0.3 is 0 Å². The van der Waals surface area contributed by atoms with Crippen molar-refractivity contribution in [3.63, 3.8) is 0 Å². The lowest BCUT2D eigenvalue weighted by Gasteiger charge is -2.26. The summed E-state index contributed by atoms with van der Waals surface area (Å²) < 4.78 is 39.8. The van der Waals surface area contributed by atoms with E-state index < -0.39 is 22.9 Å². The fourth-order valence-corrected chi connectivity index (χ4v) is 1.89. The van der Waals surface area contributed by atoms with Crippen LogP contribution in [0, 0.1) is 17.5 Å². The van der Waals surface area contributed by atoms with Crippen molar-refractivity contribution >= 4 is 0 Å². The average molecular weight is 259 g/mol. The van der Waals surface area contributed by atoms with Gasteiger partial charge in [0.15, 0.2) is 17.5 Å². The number of rotatable bonds is 6. The van der Waals surface area contributed by atoms with Crippen molar-refractivity contribution in [3.05, 3.63) is 35.1 Å². The standard InChI is InChI=1S/C14H20F3N/c1-4-8-18-9-7-14(2,3)10-5-6-11(15)13(17)12(10)16/h5-6,18H,4,7-9H2,1-3H3. The molecule has 18 heavy (non-hydrogen) atoms. The highest BCUT2D eigenvalue weighted by Crippen LogP contribution is 2.30. The molecule has 0 bridgehead atoms. The second-order valence-electron chi connectivity index (χ2n) is 5.11. The van der Waals surface area contributed by atoms with Crippen LogP contribution in [0.15, 0.2) is 12.1 Å². The van der Waals surface area contributed by atoms with Gasteiger partial charge < -0.3 is 5.32 Å². The quantitative estimate of drug-likeness (QED) is 0.605. The molecule has 0 aliphatic rings. The Labute approximate surface area is 106 Å². The van der Waals surface area contributed by atoms with Gasteiger partial charge in [-0.2, -0.15) is 0 Å². The molecule has 0 aromatic heterocycles. The third-order valence-corrected chi connectivity index (χ3v) is 3.12. The molecule has 1 aromatic rings. The predicted molar refractivity (Wildman–Crippen MR) is 67.1 cm³/mol. The Morgan fingerprint density at radius 1 is 1.06 bits per heavy atom. The Balaban J connectivity index is 2.81. The molecule has 0 amide bonds. The Bertz CT molecular complexity index is 402. The molecule has 0 heterocycles. The zero-order valence-electron chi connectivity index (χ0n) is 11.1. The van der Waals surface area contributed by atoms with Crippen LogP contribution >= 0.6 is 0 Å². The minimum Gasteiger partial charge on any atom is -0.317 e. The molecule has 0 aliphatic carbocycles. The molecular weight excluding hydrogens is 239 g/mol. The molecule has 0 saturated heterocycles. The van der Waals surface area contributed by atoms with Crippen LogP contribution in [-0.2, 0) is 5.41 Å². The smallest absolute Gasteiger partial charge is 0.194 e. The molecule has 0 atom stereocenters. The van der Waals surface area contributed by atoms with Crippen LogP contribution < -0.4 is 5.32 Å². The highest BCUT2D eigenvalue weighted by Gasteiger charge is 2.26. The second-order valence-corrected chi connectivity index (χ2v) is 5.11. The summed E-state index contributed by atoms with van der Waals surface area (Å²) in [6.45, 7) is 7.34. The summed E-state index contributed by atoms with van der Waals surface area (Å²) in [5.41, 5.74) is -0.306. The molecule has 1 N–H and O–H groups in total. The van der Waals surface area contributed by atoms with Crippen molar-refractivity contribution in [3.8, 4) is 0 Å². The molecule has 0 saturated carbocycles. The zero-order chi connectivity index (χ0) is 13.8. The van der Waals surface area contributed by atoms with Gasteiger partial charge in [0.2, 0.25) is 0 Å². The SMILES string of the molecule is CCCNCCC(C)(C)c1ccc(F)c(F)c1F. The van der Waals surface area contributed by atoms with E-state index in [1.165, 1.54) is 6.07 Å². The lowest BCUT2D eigenvalue weighted by molar-refractivity contribution is 0.397. The second kappa shape index (κ2) is 6.23. The molecule has 4 heteroatoms. The van der Waals surface area contributed by atoms with Crippen LogP contribution in [0.4, 0.5) is 13.2 Å². The van der Waals surface area contributed by atoms with Gasteiger partial charge in [0.05, 0.1) is 0 Å². The van der Waals surface area contributed by atoms with Gasteiger partial charge in [0.25, 0.3) is 0 Å². The summed E-state index contributed by atoms with van der Waals surface area (Å²) in [4.78, 5) is 0. The molecular formula is C14H20F3N. The molecule has 1 aromatic carbocycles. The van der Waals surface area contributed by atoms with Gasteiger partial charge in [-0.25, -0.2) is 13.2 Å². The maximum Gasteiger partial charge on any atom is 0.194 e. The van der Waals surface area contributed by atoms with Crippen molar-refractivity contribution in [2.75, 3.05) is 13.1 Å². The molecule has 0 unspecified atom stereocenters. The molecule has 0 aliphatic heterocycles. The van der Waals surface area contributed by atoms with Crippen molar-refractivity contribution in [2.24, 2.45) is 0 Å². The third kappa shape index (κ3) is 3.48. The Hall–Kier alpha value is -1.03. The molecule has 0 fully saturated rings. The molecule has 1 nitrogen and oxygen atoms in total. The normalized spacial score (nSPS) is 11.9. The minimum absolute atomic E-state index is 0.222. The van der Waals surface area contributed by atoms with E-state index in [0.29, 0.717) is 6.42 Å². The molecule has 1 rings (SSSR count). The van der Waals surface area contributed by atoms with E-state index >= 15 is 0 Å². The van der Waals surface area contributed by atoms with Crippen LogP contribution in [0.2, 0.25) is 0 Å². The number of hydrogen-bond donors (Lipinski definition) is 1. The summed E-state index contributed by atoms with van der Waals surface area (Å²) in [7, 11) is 0. The maximum absolute atomic E-state index is 13.7. The number of nitrogens with one attached hydrogen (secondary N) is 1. The first-order valence-corrected chi connectivity index (χ1v) is 6.25. The highest BCUT2D eigenvalue weighted by molar-refractivity contribution is 5.27. The Kier molecular flexibility index (Phi) is 5.20. The van der Waals surface area contributed by atoms with Crippen molar-refractivity contribution in [2.45, 2.75) is 39.0 Å². The van der Waals surface area contributed by atoms with Gasteiger partial charge in [0, 0.05) is 0 Å². The van der Waals surface area contributed by atoms with Crippen LogP contribution in [0.5, 0.6) is 0 Å². The highest BCUT2D eigenvalue weighted by atomic mass is 19.2. The van der Waals surface area contributed by atoms with Crippen LogP contribution in [0.3, 0.4) is 0 Å². The van der Waals surface area contributed by atoms with E-state index in [9.17, 15) is 13.2 Å². The van der Waals surface area contributed by atoms with E-state index in [4.69, 9.17) is 0 Å². The Morgan fingerprint density at radius 3 is 2.33 bits per heavy atom. The van der Waals surface area contributed by atoms with E-state index in [2.05, 4.69) is 12.2 Å². The van der Waals surface area contributed by atoms with E-state index in [0.717, 1.165) is 25.6 Å². The third-order valence-electron chi connectivity index (χ3n) is 3.12. The maximum atomic E-state index is 13.7. The minimum atomic E-state index is -1.39. The summed E-state index contributed by atoms with van der Waals surface area (Å²) >= 11 is 0. The fourth-order valence-electron chi connectivity index (χ4n) is 1.89. The summed E-state index contributed by atoms with van der Waals surface area (Å²) in [6, 6.07) is 2.31. The zero-order valence-corrected chi connectivity index (χ0v) is 11.1. The van der Waals surface area contributed by atoms with Crippen molar-refractivity contribution < 1.29 is 13.2 Å². The first-order valence-electron chi connectivity index (χ1n) is 6.25. The van der Waals surface area contributed by atoms with Crippen molar-refractivity contribution in [1.82, 2.24) is 5.32 Å². The summed E-state index contributed by atoms with van der Waals surface area (Å²) in [5, 5.41) is 3.22. The fraction of sp³-hybridized carbons (Fsp3) is 0.571. The van der Waals surface area contributed by atoms with Crippen molar-refractivity contribution in [1.29, 1.82) is 0 Å². The van der Waals surface area contributed by atoms with Gasteiger partial charge in [-0.1, -0.05) is 26.8 Å². The molecule has 0 spiro atoms. The predicted octanol–water partition coefficient (Wildman–Crippen LogP) is 3.77. The first kappa shape index (κ1) is 15.0. The average Bonchev–Trinajstić information content (AvgIpc) is 2.31.